The number of para-hydroxylation sites is 2. The molecule has 8 nitrogen and oxygen atoms in total. The quantitative estimate of drug-likeness (QED) is 0.411. The van der Waals surface area contributed by atoms with Crippen LogP contribution in [0.2, 0.25) is 0 Å². The van der Waals surface area contributed by atoms with Gasteiger partial charge in [-0.3, -0.25) is 13.9 Å². The van der Waals surface area contributed by atoms with E-state index in [2.05, 4.69) is 5.32 Å². The van der Waals surface area contributed by atoms with Crippen LogP contribution in [0.5, 0.6) is 5.75 Å². The molecule has 3 rings (SSSR count). The molecule has 0 aliphatic heterocycles. The SMILES string of the molecule is CCOc1ccccc1N(CC(=O)N(Cc1ccccc1F)C(C)C(=O)NC)S(=O)(=O)c1ccccc1. The van der Waals surface area contributed by atoms with Crippen molar-refractivity contribution in [3.05, 3.63) is 90.2 Å². The van der Waals surface area contributed by atoms with Gasteiger partial charge in [0, 0.05) is 19.2 Å². The number of hydrogen-bond acceptors (Lipinski definition) is 5. The first kappa shape index (κ1) is 27.7. The molecule has 0 saturated carbocycles. The fourth-order valence-electron chi connectivity index (χ4n) is 3.78. The van der Waals surface area contributed by atoms with Crippen LogP contribution in [0.1, 0.15) is 19.4 Å². The Morgan fingerprint density at radius 2 is 1.59 bits per heavy atom. The third kappa shape index (κ3) is 6.45. The summed E-state index contributed by atoms with van der Waals surface area (Å²) in [6.07, 6.45) is 0. The molecule has 37 heavy (non-hydrogen) atoms. The number of rotatable bonds is 11. The molecule has 1 N–H and O–H groups in total. The van der Waals surface area contributed by atoms with Gasteiger partial charge in [-0.1, -0.05) is 48.5 Å². The lowest BCUT2D eigenvalue weighted by Gasteiger charge is -2.32. The molecule has 0 aliphatic carbocycles. The molecule has 0 bridgehead atoms. The first-order valence-electron chi connectivity index (χ1n) is 11.7. The van der Waals surface area contributed by atoms with Gasteiger partial charge in [-0.2, -0.15) is 0 Å². The van der Waals surface area contributed by atoms with Crippen molar-refractivity contribution < 1.29 is 27.1 Å². The molecule has 196 valence electrons. The van der Waals surface area contributed by atoms with E-state index in [0.717, 1.165) is 9.21 Å². The predicted molar refractivity (Wildman–Crippen MR) is 139 cm³/mol. The summed E-state index contributed by atoms with van der Waals surface area (Å²) in [6.45, 7) is 2.67. The van der Waals surface area contributed by atoms with Gasteiger partial charge in [-0.25, -0.2) is 12.8 Å². The maximum absolute atomic E-state index is 14.5. The van der Waals surface area contributed by atoms with Gasteiger partial charge in [0.25, 0.3) is 10.0 Å². The number of nitrogens with zero attached hydrogens (tertiary/aromatic N) is 2. The summed E-state index contributed by atoms with van der Waals surface area (Å²) in [4.78, 5) is 27.4. The molecular weight excluding hydrogens is 497 g/mol. The highest BCUT2D eigenvalue weighted by Crippen LogP contribution is 2.32. The second-order valence-electron chi connectivity index (χ2n) is 8.13. The fraction of sp³-hybridized carbons (Fsp3) is 0.259. The minimum atomic E-state index is -4.22. The number of benzene rings is 3. The number of ether oxygens (including phenoxy) is 1. The van der Waals surface area contributed by atoms with E-state index in [0.29, 0.717) is 0 Å². The summed E-state index contributed by atoms with van der Waals surface area (Å²) in [5, 5.41) is 2.49. The Morgan fingerprint density at radius 1 is 0.973 bits per heavy atom. The van der Waals surface area contributed by atoms with Crippen molar-refractivity contribution in [2.24, 2.45) is 0 Å². The Labute approximate surface area is 216 Å². The number of likely N-dealkylation sites (N-methyl/N-ethyl adjacent to an activating group) is 1. The van der Waals surface area contributed by atoms with Gasteiger partial charge in [-0.15, -0.1) is 0 Å². The monoisotopic (exact) mass is 527 g/mol. The Balaban J connectivity index is 2.08. The van der Waals surface area contributed by atoms with Crippen LogP contribution in [-0.2, 0) is 26.2 Å². The van der Waals surface area contributed by atoms with Crippen molar-refractivity contribution in [1.82, 2.24) is 10.2 Å². The zero-order chi connectivity index (χ0) is 27.0. The van der Waals surface area contributed by atoms with E-state index < -0.39 is 40.2 Å². The number of carbonyl (C=O) groups is 2. The Hall–Kier alpha value is -3.92. The van der Waals surface area contributed by atoms with Crippen LogP contribution in [0, 0.1) is 5.82 Å². The molecule has 2 amide bonds. The third-order valence-electron chi connectivity index (χ3n) is 5.76. The molecule has 3 aromatic rings. The zero-order valence-electron chi connectivity index (χ0n) is 20.9. The van der Waals surface area contributed by atoms with Crippen molar-refractivity contribution in [3.63, 3.8) is 0 Å². The number of anilines is 1. The summed E-state index contributed by atoms with van der Waals surface area (Å²) in [5.41, 5.74) is 0.360. The maximum Gasteiger partial charge on any atom is 0.264 e. The number of sulfonamides is 1. The largest absolute Gasteiger partial charge is 0.492 e. The van der Waals surface area contributed by atoms with Gasteiger partial charge in [-0.05, 0) is 44.2 Å². The lowest BCUT2D eigenvalue weighted by molar-refractivity contribution is -0.139. The maximum atomic E-state index is 14.5. The number of halogens is 1. The number of hydrogen-bond donors (Lipinski definition) is 1. The highest BCUT2D eigenvalue weighted by atomic mass is 32.2. The molecule has 0 aromatic heterocycles. The van der Waals surface area contributed by atoms with Gasteiger partial charge >= 0.3 is 0 Å². The minimum absolute atomic E-state index is 0.0193. The minimum Gasteiger partial charge on any atom is -0.492 e. The average molecular weight is 528 g/mol. The van der Waals surface area contributed by atoms with E-state index in [1.807, 2.05) is 0 Å². The Kier molecular flexibility index (Phi) is 9.24. The van der Waals surface area contributed by atoms with E-state index in [9.17, 15) is 22.4 Å². The van der Waals surface area contributed by atoms with Crippen LogP contribution in [0.4, 0.5) is 10.1 Å². The number of amides is 2. The van der Waals surface area contributed by atoms with Crippen molar-refractivity contribution in [3.8, 4) is 5.75 Å². The number of carbonyl (C=O) groups excluding carboxylic acids is 2. The van der Waals surface area contributed by atoms with Gasteiger partial charge < -0.3 is 15.0 Å². The second kappa shape index (κ2) is 12.4. The van der Waals surface area contributed by atoms with E-state index >= 15 is 0 Å². The molecule has 0 spiro atoms. The highest BCUT2D eigenvalue weighted by Gasteiger charge is 2.33. The highest BCUT2D eigenvalue weighted by molar-refractivity contribution is 7.92. The topological polar surface area (TPSA) is 96.0 Å². The lowest BCUT2D eigenvalue weighted by Crippen LogP contribution is -2.50. The van der Waals surface area contributed by atoms with E-state index in [1.54, 1.807) is 55.5 Å². The standard InChI is InChI=1S/C27H30FN3O5S/c1-4-36-25-17-11-10-16-24(25)31(37(34,35)22-13-6-5-7-14-22)19-26(32)30(20(2)27(33)29-3)18-21-12-8-9-15-23(21)28/h5-17,20H,4,18-19H2,1-3H3,(H,29,33). The van der Waals surface area contributed by atoms with Crippen molar-refractivity contribution in [2.45, 2.75) is 31.3 Å². The normalized spacial score (nSPS) is 11.9. The zero-order valence-corrected chi connectivity index (χ0v) is 21.7. The molecule has 10 heteroatoms. The second-order valence-corrected chi connectivity index (χ2v) is 9.99. The Bertz CT molecular complexity index is 1330. The van der Waals surface area contributed by atoms with Crippen LogP contribution in [-0.4, -0.2) is 51.4 Å². The molecule has 1 atom stereocenters. The van der Waals surface area contributed by atoms with E-state index in [1.165, 1.54) is 44.3 Å². The molecule has 0 saturated heterocycles. The lowest BCUT2D eigenvalue weighted by atomic mass is 10.1. The van der Waals surface area contributed by atoms with Crippen molar-refractivity contribution >= 4 is 27.5 Å². The third-order valence-corrected chi connectivity index (χ3v) is 7.53. The smallest absolute Gasteiger partial charge is 0.264 e. The fourth-order valence-corrected chi connectivity index (χ4v) is 5.22. The molecule has 0 radical (unpaired) electrons. The number of nitrogens with one attached hydrogen (secondary N) is 1. The average Bonchev–Trinajstić information content (AvgIpc) is 2.91. The first-order valence-corrected chi connectivity index (χ1v) is 13.2. The molecular formula is C27H30FN3O5S. The summed E-state index contributed by atoms with van der Waals surface area (Å²) >= 11 is 0. The molecule has 3 aromatic carbocycles. The summed E-state index contributed by atoms with van der Waals surface area (Å²) < 4.78 is 48.7. The van der Waals surface area contributed by atoms with Crippen LogP contribution < -0.4 is 14.4 Å². The van der Waals surface area contributed by atoms with Crippen LogP contribution in [0.25, 0.3) is 0 Å². The summed E-state index contributed by atoms with van der Waals surface area (Å²) in [7, 11) is -2.80. The molecule has 0 heterocycles. The van der Waals surface area contributed by atoms with E-state index in [4.69, 9.17) is 4.74 Å². The van der Waals surface area contributed by atoms with Gasteiger partial charge in [0.1, 0.15) is 24.2 Å². The molecule has 0 fully saturated rings. The van der Waals surface area contributed by atoms with Gasteiger partial charge in [0.15, 0.2) is 0 Å². The summed E-state index contributed by atoms with van der Waals surface area (Å²) in [6, 6.07) is 19.1. The molecule has 1 unspecified atom stereocenters. The predicted octanol–water partition coefficient (Wildman–Crippen LogP) is 3.58. The van der Waals surface area contributed by atoms with Crippen LogP contribution in [0.15, 0.2) is 83.8 Å². The van der Waals surface area contributed by atoms with Gasteiger partial charge in [0.2, 0.25) is 11.8 Å². The van der Waals surface area contributed by atoms with Crippen molar-refractivity contribution in [1.29, 1.82) is 0 Å². The van der Waals surface area contributed by atoms with Crippen LogP contribution >= 0.6 is 0 Å². The van der Waals surface area contributed by atoms with Crippen LogP contribution in [0.3, 0.4) is 0 Å². The van der Waals surface area contributed by atoms with Crippen molar-refractivity contribution in [2.75, 3.05) is 24.5 Å². The Morgan fingerprint density at radius 3 is 2.24 bits per heavy atom. The molecule has 0 aliphatic rings. The summed E-state index contributed by atoms with van der Waals surface area (Å²) in [5.74, 6) is -1.43. The first-order chi connectivity index (χ1) is 17.7. The van der Waals surface area contributed by atoms with E-state index in [-0.39, 0.29) is 35.0 Å². The van der Waals surface area contributed by atoms with Gasteiger partial charge in [0.05, 0.1) is 17.2 Å².